The molecule has 0 aliphatic heterocycles. The third-order valence-electron chi connectivity index (χ3n) is 5.45. The van der Waals surface area contributed by atoms with Gasteiger partial charge in [-0.3, -0.25) is 9.59 Å². The smallest absolute Gasteiger partial charge is 0.312 e. The monoisotopic (exact) mass is 310 g/mol. The summed E-state index contributed by atoms with van der Waals surface area (Å²) >= 11 is 0. The molecule has 0 bridgehead atoms. The lowest BCUT2D eigenvalue weighted by Gasteiger charge is -2.30. The van der Waals surface area contributed by atoms with Gasteiger partial charge in [0.25, 0.3) is 0 Å². The Kier molecular flexibility index (Phi) is 6.27. The van der Waals surface area contributed by atoms with Gasteiger partial charge < -0.3 is 9.47 Å². The summed E-state index contributed by atoms with van der Waals surface area (Å²) in [7, 11) is 0. The second kappa shape index (κ2) is 7.98. The highest BCUT2D eigenvalue weighted by Gasteiger charge is 2.41. The Balaban J connectivity index is 1.92. The predicted octanol–water partition coefficient (Wildman–Crippen LogP) is 4.15. The Morgan fingerprint density at radius 1 is 0.864 bits per heavy atom. The van der Waals surface area contributed by atoms with Crippen molar-refractivity contribution in [2.45, 2.75) is 96.7 Å². The highest BCUT2D eigenvalue weighted by molar-refractivity contribution is 5.83. The molecule has 2 saturated carbocycles. The fraction of sp³-hybridized carbons (Fsp3) is 0.889. The number of rotatable bonds is 7. The van der Waals surface area contributed by atoms with Gasteiger partial charge in [-0.05, 0) is 64.2 Å². The molecule has 2 rings (SSSR count). The summed E-state index contributed by atoms with van der Waals surface area (Å²) in [4.78, 5) is 24.9. The fourth-order valence-electron chi connectivity index (χ4n) is 3.65. The maximum absolute atomic E-state index is 12.6. The second-order valence-electron chi connectivity index (χ2n) is 6.87. The average Bonchev–Trinajstić information content (AvgIpc) is 3.18. The number of carbonyl (C=O) groups is 2. The van der Waals surface area contributed by atoms with Crippen LogP contribution in [0.3, 0.4) is 0 Å². The Morgan fingerprint density at radius 3 is 1.77 bits per heavy atom. The van der Waals surface area contributed by atoms with Crippen LogP contribution >= 0.6 is 0 Å². The third kappa shape index (κ3) is 4.23. The SMILES string of the molecule is CCC(CC)(CC(=O)OC1CCCC1)C(=O)OC1CCCC1. The Hall–Kier alpha value is -1.06. The maximum Gasteiger partial charge on any atom is 0.312 e. The van der Waals surface area contributed by atoms with E-state index in [1.807, 2.05) is 13.8 Å². The minimum Gasteiger partial charge on any atom is -0.462 e. The summed E-state index contributed by atoms with van der Waals surface area (Å²) in [6.45, 7) is 3.92. The van der Waals surface area contributed by atoms with Gasteiger partial charge in [-0.15, -0.1) is 0 Å². The molecule has 0 heterocycles. The van der Waals surface area contributed by atoms with Crippen LogP contribution in [0.2, 0.25) is 0 Å². The highest BCUT2D eigenvalue weighted by Crippen LogP contribution is 2.35. The van der Waals surface area contributed by atoms with E-state index in [9.17, 15) is 9.59 Å². The van der Waals surface area contributed by atoms with Crippen molar-refractivity contribution in [1.82, 2.24) is 0 Å². The van der Waals surface area contributed by atoms with E-state index in [-0.39, 0.29) is 30.6 Å². The van der Waals surface area contributed by atoms with E-state index in [2.05, 4.69) is 0 Å². The van der Waals surface area contributed by atoms with Crippen molar-refractivity contribution < 1.29 is 19.1 Å². The molecule has 0 atom stereocenters. The largest absolute Gasteiger partial charge is 0.462 e. The number of hydrogen-bond acceptors (Lipinski definition) is 4. The molecule has 0 saturated heterocycles. The van der Waals surface area contributed by atoms with Gasteiger partial charge in [0.1, 0.15) is 12.2 Å². The Labute approximate surface area is 133 Å². The molecule has 0 aromatic heterocycles. The van der Waals surface area contributed by atoms with Gasteiger partial charge >= 0.3 is 11.9 Å². The van der Waals surface area contributed by atoms with Crippen LogP contribution in [-0.2, 0) is 19.1 Å². The standard InChI is InChI=1S/C18H30O4/c1-3-18(4-2,17(20)22-15-11-7-8-12-15)13-16(19)21-14-9-5-6-10-14/h14-15H,3-13H2,1-2H3. The summed E-state index contributed by atoms with van der Waals surface area (Å²) in [6.07, 6.45) is 9.88. The first-order chi connectivity index (χ1) is 10.6. The quantitative estimate of drug-likeness (QED) is 0.663. The average molecular weight is 310 g/mol. The van der Waals surface area contributed by atoms with Crippen LogP contribution in [0.15, 0.2) is 0 Å². The molecular formula is C18H30O4. The van der Waals surface area contributed by atoms with Crippen LogP contribution in [0, 0.1) is 5.41 Å². The van der Waals surface area contributed by atoms with E-state index < -0.39 is 5.41 Å². The van der Waals surface area contributed by atoms with Crippen LogP contribution < -0.4 is 0 Å². The summed E-state index contributed by atoms with van der Waals surface area (Å²) in [6, 6.07) is 0. The number of hydrogen-bond donors (Lipinski definition) is 0. The van der Waals surface area contributed by atoms with Gasteiger partial charge in [-0.1, -0.05) is 13.8 Å². The van der Waals surface area contributed by atoms with Gasteiger partial charge in [-0.25, -0.2) is 0 Å². The molecule has 22 heavy (non-hydrogen) atoms. The molecule has 0 N–H and O–H groups in total. The molecule has 0 unspecified atom stereocenters. The van der Waals surface area contributed by atoms with Gasteiger partial charge in [0.15, 0.2) is 0 Å². The molecule has 0 spiro atoms. The predicted molar refractivity (Wildman–Crippen MR) is 84.3 cm³/mol. The maximum atomic E-state index is 12.6. The van der Waals surface area contributed by atoms with Crippen LogP contribution in [0.5, 0.6) is 0 Å². The van der Waals surface area contributed by atoms with Gasteiger partial charge in [0.05, 0.1) is 11.8 Å². The number of esters is 2. The molecule has 2 aliphatic carbocycles. The van der Waals surface area contributed by atoms with Crippen molar-refractivity contribution in [3.05, 3.63) is 0 Å². The zero-order chi connectivity index (χ0) is 16.0. The Bertz CT molecular complexity index is 375. The number of ether oxygens (including phenoxy) is 2. The van der Waals surface area contributed by atoms with E-state index in [0.717, 1.165) is 51.4 Å². The summed E-state index contributed by atoms with van der Waals surface area (Å²) in [5.74, 6) is -0.438. The van der Waals surface area contributed by atoms with Crippen LogP contribution in [-0.4, -0.2) is 24.1 Å². The minimum absolute atomic E-state index is 0.0517. The summed E-state index contributed by atoms with van der Waals surface area (Å²) in [5, 5.41) is 0. The first-order valence-corrected chi connectivity index (χ1v) is 9.00. The molecule has 2 fully saturated rings. The lowest BCUT2D eigenvalue weighted by molar-refractivity contribution is -0.169. The summed E-state index contributed by atoms with van der Waals surface area (Å²) in [5.41, 5.74) is -0.710. The number of carbonyl (C=O) groups excluding carboxylic acids is 2. The zero-order valence-corrected chi connectivity index (χ0v) is 14.1. The lowest BCUT2D eigenvalue weighted by Crippen LogP contribution is -2.37. The van der Waals surface area contributed by atoms with Crippen LogP contribution in [0.4, 0.5) is 0 Å². The molecule has 0 amide bonds. The Morgan fingerprint density at radius 2 is 1.32 bits per heavy atom. The molecule has 2 aliphatic rings. The first-order valence-electron chi connectivity index (χ1n) is 9.00. The second-order valence-corrected chi connectivity index (χ2v) is 6.87. The van der Waals surface area contributed by atoms with E-state index in [0.29, 0.717) is 12.8 Å². The normalized spacial score (nSPS) is 20.3. The van der Waals surface area contributed by atoms with Crippen molar-refractivity contribution in [2.75, 3.05) is 0 Å². The zero-order valence-electron chi connectivity index (χ0n) is 14.1. The lowest BCUT2D eigenvalue weighted by atomic mass is 9.79. The van der Waals surface area contributed by atoms with Gasteiger partial charge in [0, 0.05) is 0 Å². The van der Waals surface area contributed by atoms with Gasteiger partial charge in [0.2, 0.25) is 0 Å². The van der Waals surface area contributed by atoms with E-state index in [4.69, 9.17) is 9.47 Å². The third-order valence-corrected chi connectivity index (χ3v) is 5.45. The molecule has 4 nitrogen and oxygen atoms in total. The molecule has 0 aromatic carbocycles. The summed E-state index contributed by atoms with van der Waals surface area (Å²) < 4.78 is 11.2. The van der Waals surface area contributed by atoms with Crippen molar-refractivity contribution in [3.63, 3.8) is 0 Å². The van der Waals surface area contributed by atoms with Gasteiger partial charge in [-0.2, -0.15) is 0 Å². The molecule has 0 aromatic rings. The van der Waals surface area contributed by atoms with Crippen molar-refractivity contribution in [1.29, 1.82) is 0 Å². The molecule has 126 valence electrons. The fourth-order valence-corrected chi connectivity index (χ4v) is 3.65. The van der Waals surface area contributed by atoms with Crippen LogP contribution in [0.1, 0.15) is 84.5 Å². The van der Waals surface area contributed by atoms with E-state index in [1.54, 1.807) is 0 Å². The van der Waals surface area contributed by atoms with E-state index >= 15 is 0 Å². The molecule has 0 radical (unpaired) electrons. The highest BCUT2D eigenvalue weighted by atomic mass is 16.6. The molecular weight excluding hydrogens is 280 g/mol. The van der Waals surface area contributed by atoms with Crippen molar-refractivity contribution in [3.8, 4) is 0 Å². The minimum atomic E-state index is -0.710. The van der Waals surface area contributed by atoms with Crippen molar-refractivity contribution in [2.24, 2.45) is 5.41 Å². The first kappa shape index (κ1) is 17.3. The topological polar surface area (TPSA) is 52.6 Å². The molecule has 4 heteroatoms. The van der Waals surface area contributed by atoms with Crippen LogP contribution in [0.25, 0.3) is 0 Å². The van der Waals surface area contributed by atoms with Crippen molar-refractivity contribution >= 4 is 11.9 Å². The van der Waals surface area contributed by atoms with E-state index in [1.165, 1.54) is 0 Å².